The Morgan fingerprint density at radius 1 is 1.08 bits per heavy atom. The lowest BCUT2D eigenvalue weighted by Gasteiger charge is -2.32. The monoisotopic (exact) mass is 370 g/mol. The Hall–Kier alpha value is -2.15. The van der Waals surface area contributed by atoms with E-state index in [0.717, 1.165) is 61.7 Å². The number of aromatic nitrogens is 3. The number of anilines is 1. The van der Waals surface area contributed by atoms with Crippen LogP contribution in [0.2, 0.25) is 5.02 Å². The summed E-state index contributed by atoms with van der Waals surface area (Å²) in [6.07, 6.45) is 3.66. The maximum atomic E-state index is 6.01. The summed E-state index contributed by atoms with van der Waals surface area (Å²) >= 11 is 6.01. The van der Waals surface area contributed by atoms with Gasteiger partial charge in [0, 0.05) is 55.9 Å². The van der Waals surface area contributed by atoms with E-state index < -0.39 is 0 Å². The first kappa shape index (κ1) is 17.3. The van der Waals surface area contributed by atoms with E-state index in [0.29, 0.717) is 5.02 Å². The molecule has 4 rings (SSSR count). The van der Waals surface area contributed by atoms with Gasteiger partial charge in [-0.05, 0) is 37.4 Å². The van der Waals surface area contributed by atoms with Gasteiger partial charge in [0.2, 0.25) is 0 Å². The van der Waals surface area contributed by atoms with Crippen LogP contribution in [0.5, 0.6) is 0 Å². The van der Waals surface area contributed by atoms with Gasteiger partial charge in [-0.25, -0.2) is 4.68 Å². The second kappa shape index (κ2) is 7.61. The van der Waals surface area contributed by atoms with Crippen LogP contribution in [0, 0.1) is 0 Å². The van der Waals surface area contributed by atoms with E-state index in [1.165, 1.54) is 0 Å². The number of halogens is 1. The molecule has 7 heteroatoms. The summed E-state index contributed by atoms with van der Waals surface area (Å²) in [6.45, 7) is 6.43. The van der Waals surface area contributed by atoms with Crippen LogP contribution >= 0.6 is 11.6 Å². The fraction of sp³-hybridized carbons (Fsp3) is 0.368. The minimum atomic E-state index is 0.717. The Bertz CT molecular complexity index is 867. The van der Waals surface area contributed by atoms with Gasteiger partial charge in [-0.1, -0.05) is 11.6 Å². The predicted molar refractivity (Wildman–Crippen MR) is 106 cm³/mol. The van der Waals surface area contributed by atoms with Gasteiger partial charge in [-0.2, -0.15) is 0 Å². The molecular formula is C19H23ClN6. The Balaban J connectivity index is 1.51. The molecular weight excluding hydrogens is 348 g/mol. The number of hydrogen-bond acceptors (Lipinski definition) is 5. The molecule has 1 aromatic carbocycles. The molecule has 0 saturated carbocycles. The number of rotatable bonds is 5. The third-order valence-electron chi connectivity index (χ3n) is 4.87. The third-order valence-corrected chi connectivity index (χ3v) is 5.12. The highest BCUT2D eigenvalue weighted by Gasteiger charge is 2.15. The van der Waals surface area contributed by atoms with Crippen molar-refractivity contribution in [2.24, 2.45) is 0 Å². The average molecular weight is 371 g/mol. The summed E-state index contributed by atoms with van der Waals surface area (Å²) in [7, 11) is 2.18. The van der Waals surface area contributed by atoms with Crippen LogP contribution in [0.3, 0.4) is 0 Å². The van der Waals surface area contributed by atoms with Crippen LogP contribution in [-0.4, -0.2) is 70.9 Å². The largest absolute Gasteiger partial charge is 0.367 e. The van der Waals surface area contributed by atoms with E-state index in [1.54, 1.807) is 0 Å². The molecule has 1 fully saturated rings. The first-order valence-electron chi connectivity index (χ1n) is 8.94. The van der Waals surface area contributed by atoms with E-state index in [-0.39, 0.29) is 0 Å². The van der Waals surface area contributed by atoms with Crippen LogP contribution < -0.4 is 5.32 Å². The van der Waals surface area contributed by atoms with Crippen molar-refractivity contribution in [1.29, 1.82) is 0 Å². The number of nitrogens with one attached hydrogen (secondary N) is 1. The molecule has 0 unspecified atom stereocenters. The zero-order valence-corrected chi connectivity index (χ0v) is 15.7. The first-order valence-corrected chi connectivity index (χ1v) is 9.32. The molecule has 0 radical (unpaired) electrons. The Labute approximate surface area is 158 Å². The maximum Gasteiger partial charge on any atom is 0.156 e. The highest BCUT2D eigenvalue weighted by atomic mass is 35.5. The topological polar surface area (TPSA) is 49.2 Å². The number of likely N-dealkylation sites (N-methyl/N-ethyl adjacent to an activating group) is 1. The number of piperazine rings is 1. The number of pyridine rings is 1. The number of fused-ring (bicyclic) bond motifs is 1. The molecule has 0 amide bonds. The predicted octanol–water partition coefficient (Wildman–Crippen LogP) is 2.73. The van der Waals surface area contributed by atoms with Crippen molar-refractivity contribution in [1.82, 2.24) is 24.6 Å². The molecule has 3 aromatic rings. The molecule has 1 N–H and O–H groups in total. The number of nitrogens with zero attached hydrogens (tertiary/aromatic N) is 5. The van der Waals surface area contributed by atoms with E-state index in [4.69, 9.17) is 16.7 Å². The van der Waals surface area contributed by atoms with Crippen LogP contribution in [0.4, 0.5) is 5.82 Å². The molecule has 26 heavy (non-hydrogen) atoms. The van der Waals surface area contributed by atoms with Gasteiger partial charge in [0.1, 0.15) is 0 Å². The zero-order chi connectivity index (χ0) is 17.9. The Kier molecular flexibility index (Phi) is 5.06. The molecule has 1 aliphatic rings. The molecule has 1 saturated heterocycles. The average Bonchev–Trinajstić information content (AvgIpc) is 3.03. The van der Waals surface area contributed by atoms with Gasteiger partial charge in [0.05, 0.1) is 17.4 Å². The van der Waals surface area contributed by atoms with E-state index >= 15 is 0 Å². The molecule has 0 atom stereocenters. The number of hydrogen-bond donors (Lipinski definition) is 1. The molecule has 0 aliphatic carbocycles. The summed E-state index contributed by atoms with van der Waals surface area (Å²) < 4.78 is 1.91. The van der Waals surface area contributed by atoms with Gasteiger partial charge in [-0.3, -0.25) is 9.88 Å². The van der Waals surface area contributed by atoms with Gasteiger partial charge >= 0.3 is 0 Å². The van der Waals surface area contributed by atoms with Crippen LogP contribution in [0.1, 0.15) is 0 Å². The zero-order valence-electron chi connectivity index (χ0n) is 14.9. The summed E-state index contributed by atoms with van der Waals surface area (Å²) in [6, 6.07) is 9.70. The molecule has 2 aromatic heterocycles. The number of benzene rings is 1. The second-order valence-corrected chi connectivity index (χ2v) is 7.14. The highest BCUT2D eigenvalue weighted by molar-refractivity contribution is 6.30. The van der Waals surface area contributed by atoms with Crippen LogP contribution in [0.25, 0.3) is 16.6 Å². The Morgan fingerprint density at radius 3 is 2.62 bits per heavy atom. The van der Waals surface area contributed by atoms with Crippen molar-refractivity contribution in [3.63, 3.8) is 0 Å². The van der Waals surface area contributed by atoms with Crippen LogP contribution in [-0.2, 0) is 0 Å². The smallest absolute Gasteiger partial charge is 0.156 e. The summed E-state index contributed by atoms with van der Waals surface area (Å²) in [5.74, 6) is 0.895. The van der Waals surface area contributed by atoms with Crippen LogP contribution in [0.15, 0.2) is 42.7 Å². The van der Waals surface area contributed by atoms with Crippen molar-refractivity contribution < 1.29 is 0 Å². The van der Waals surface area contributed by atoms with Gasteiger partial charge in [-0.15, -0.1) is 5.10 Å². The van der Waals surface area contributed by atoms with E-state index in [2.05, 4.69) is 27.1 Å². The highest BCUT2D eigenvalue weighted by Crippen LogP contribution is 2.25. The lowest BCUT2D eigenvalue weighted by molar-refractivity contribution is 0.158. The third kappa shape index (κ3) is 3.67. The summed E-state index contributed by atoms with van der Waals surface area (Å²) in [5, 5.41) is 10.1. The fourth-order valence-corrected chi connectivity index (χ4v) is 3.40. The summed E-state index contributed by atoms with van der Waals surface area (Å²) in [4.78, 5) is 9.13. The first-order chi connectivity index (χ1) is 12.7. The van der Waals surface area contributed by atoms with Crippen molar-refractivity contribution in [3.8, 4) is 5.69 Å². The minimum absolute atomic E-state index is 0.717. The lowest BCUT2D eigenvalue weighted by Crippen LogP contribution is -2.45. The van der Waals surface area contributed by atoms with Gasteiger partial charge < -0.3 is 10.2 Å². The second-order valence-electron chi connectivity index (χ2n) is 6.70. The minimum Gasteiger partial charge on any atom is -0.367 e. The molecule has 0 bridgehead atoms. The maximum absolute atomic E-state index is 6.01. The van der Waals surface area contributed by atoms with E-state index in [1.807, 2.05) is 47.4 Å². The fourth-order valence-electron chi connectivity index (χ4n) is 3.28. The molecule has 1 aliphatic heterocycles. The van der Waals surface area contributed by atoms with E-state index in [9.17, 15) is 0 Å². The molecule has 136 valence electrons. The van der Waals surface area contributed by atoms with Gasteiger partial charge in [0.25, 0.3) is 0 Å². The van der Waals surface area contributed by atoms with Crippen molar-refractivity contribution in [3.05, 3.63) is 47.7 Å². The van der Waals surface area contributed by atoms with Crippen molar-refractivity contribution >= 4 is 28.3 Å². The quantitative estimate of drug-likeness (QED) is 0.748. The van der Waals surface area contributed by atoms with Crippen molar-refractivity contribution in [2.75, 3.05) is 51.6 Å². The van der Waals surface area contributed by atoms with Gasteiger partial charge in [0.15, 0.2) is 5.82 Å². The molecule has 6 nitrogen and oxygen atoms in total. The summed E-state index contributed by atoms with van der Waals surface area (Å²) in [5.41, 5.74) is 1.96. The Morgan fingerprint density at radius 2 is 1.85 bits per heavy atom. The molecule has 0 spiro atoms. The normalized spacial score (nSPS) is 16.2. The lowest BCUT2D eigenvalue weighted by atomic mass is 10.3. The standard InChI is InChI=1S/C19H23ClN6/c1-24-10-12-25(13-11-24)9-8-22-19-17-6-7-21-14-18(17)26(23-19)16-4-2-15(20)3-5-16/h2-7,14H,8-13H2,1H3,(H,22,23). The SMILES string of the molecule is CN1CCN(CCNc2nn(-c3ccc(Cl)cc3)c3cnccc23)CC1. The molecule has 3 heterocycles. The van der Waals surface area contributed by atoms with Crippen molar-refractivity contribution in [2.45, 2.75) is 0 Å².